The lowest BCUT2D eigenvalue weighted by atomic mass is 10.0. The highest BCUT2D eigenvalue weighted by Crippen LogP contribution is 2.31. The van der Waals surface area contributed by atoms with E-state index in [2.05, 4.69) is 0 Å². The van der Waals surface area contributed by atoms with Crippen LogP contribution in [0.25, 0.3) is 0 Å². The number of hydrogen-bond acceptors (Lipinski definition) is 3. The summed E-state index contributed by atoms with van der Waals surface area (Å²) in [5, 5.41) is 0. The van der Waals surface area contributed by atoms with Crippen LogP contribution < -0.4 is 9.47 Å². The van der Waals surface area contributed by atoms with Crippen LogP contribution in [0.5, 0.6) is 11.5 Å². The van der Waals surface area contributed by atoms with Crippen molar-refractivity contribution < 1.29 is 14.3 Å². The SMILES string of the molecule is Cc1ccc(C)c(C(=O)N(C)Cc2ccc3c(c2)OCCO3)c1. The number of ether oxygens (including phenoxy) is 2. The fourth-order valence-electron chi connectivity index (χ4n) is 2.70. The van der Waals surface area contributed by atoms with Crippen LogP contribution in [0.15, 0.2) is 36.4 Å². The molecule has 0 fully saturated rings. The molecule has 0 N–H and O–H groups in total. The summed E-state index contributed by atoms with van der Waals surface area (Å²) in [6.07, 6.45) is 0. The zero-order valence-electron chi connectivity index (χ0n) is 13.8. The monoisotopic (exact) mass is 311 g/mol. The smallest absolute Gasteiger partial charge is 0.254 e. The van der Waals surface area contributed by atoms with Gasteiger partial charge in [0.2, 0.25) is 0 Å². The van der Waals surface area contributed by atoms with Crippen LogP contribution in [0.3, 0.4) is 0 Å². The van der Waals surface area contributed by atoms with Gasteiger partial charge in [-0.3, -0.25) is 4.79 Å². The quantitative estimate of drug-likeness (QED) is 0.872. The molecule has 0 unspecified atom stereocenters. The van der Waals surface area contributed by atoms with E-state index in [1.165, 1.54) is 0 Å². The highest BCUT2D eigenvalue weighted by Gasteiger charge is 2.17. The summed E-state index contributed by atoms with van der Waals surface area (Å²) in [6.45, 7) is 5.63. The lowest BCUT2D eigenvalue weighted by Crippen LogP contribution is -2.27. The van der Waals surface area contributed by atoms with Crippen molar-refractivity contribution in [3.8, 4) is 11.5 Å². The van der Waals surface area contributed by atoms with Gasteiger partial charge in [0.15, 0.2) is 11.5 Å². The van der Waals surface area contributed by atoms with E-state index in [1.54, 1.807) is 4.90 Å². The van der Waals surface area contributed by atoms with Crippen molar-refractivity contribution in [2.75, 3.05) is 20.3 Å². The van der Waals surface area contributed by atoms with E-state index in [0.717, 1.165) is 33.8 Å². The van der Waals surface area contributed by atoms with Crippen molar-refractivity contribution in [1.29, 1.82) is 0 Å². The van der Waals surface area contributed by atoms with Gasteiger partial charge in [-0.15, -0.1) is 0 Å². The Hall–Kier alpha value is -2.49. The average Bonchev–Trinajstić information content (AvgIpc) is 2.56. The second-order valence-corrected chi connectivity index (χ2v) is 5.96. The second-order valence-electron chi connectivity index (χ2n) is 5.96. The standard InChI is InChI=1S/C19H21NO3/c1-13-4-5-14(2)16(10-13)19(21)20(3)12-15-6-7-17-18(11-15)23-9-8-22-17/h4-7,10-11H,8-9,12H2,1-3H3. The third-order valence-corrected chi connectivity index (χ3v) is 4.00. The predicted molar refractivity (Wildman–Crippen MR) is 89.1 cm³/mol. The molecule has 1 aliphatic rings. The number of aryl methyl sites for hydroxylation is 2. The molecule has 4 heteroatoms. The number of fused-ring (bicyclic) bond motifs is 1. The minimum atomic E-state index is 0.0288. The van der Waals surface area contributed by atoms with Gasteiger partial charge in [0.05, 0.1) is 0 Å². The van der Waals surface area contributed by atoms with Crippen LogP contribution in [-0.2, 0) is 6.54 Å². The molecule has 0 saturated carbocycles. The number of rotatable bonds is 3. The zero-order valence-corrected chi connectivity index (χ0v) is 13.8. The van der Waals surface area contributed by atoms with E-state index in [1.807, 2.05) is 57.3 Å². The average molecular weight is 311 g/mol. The number of benzene rings is 2. The van der Waals surface area contributed by atoms with E-state index in [4.69, 9.17) is 9.47 Å². The maximum absolute atomic E-state index is 12.7. The number of nitrogens with zero attached hydrogens (tertiary/aromatic N) is 1. The Morgan fingerprint density at radius 1 is 1.04 bits per heavy atom. The minimum Gasteiger partial charge on any atom is -0.486 e. The normalized spacial score (nSPS) is 12.8. The molecule has 0 bridgehead atoms. The first kappa shape index (κ1) is 15.4. The Bertz CT molecular complexity index is 739. The van der Waals surface area contributed by atoms with Gasteiger partial charge in [0, 0.05) is 19.2 Å². The molecule has 1 amide bonds. The largest absolute Gasteiger partial charge is 0.486 e. The predicted octanol–water partition coefficient (Wildman–Crippen LogP) is 3.35. The molecule has 120 valence electrons. The third-order valence-electron chi connectivity index (χ3n) is 4.00. The lowest BCUT2D eigenvalue weighted by Gasteiger charge is -2.22. The van der Waals surface area contributed by atoms with Gasteiger partial charge in [-0.2, -0.15) is 0 Å². The van der Waals surface area contributed by atoms with Crippen molar-refractivity contribution in [2.24, 2.45) is 0 Å². The van der Waals surface area contributed by atoms with E-state index < -0.39 is 0 Å². The summed E-state index contributed by atoms with van der Waals surface area (Å²) < 4.78 is 11.1. The number of amides is 1. The fourth-order valence-corrected chi connectivity index (χ4v) is 2.70. The summed E-state index contributed by atoms with van der Waals surface area (Å²) in [4.78, 5) is 14.4. The summed E-state index contributed by atoms with van der Waals surface area (Å²) >= 11 is 0. The van der Waals surface area contributed by atoms with Crippen molar-refractivity contribution in [2.45, 2.75) is 20.4 Å². The van der Waals surface area contributed by atoms with Gasteiger partial charge in [-0.25, -0.2) is 0 Å². The molecule has 4 nitrogen and oxygen atoms in total. The molecule has 2 aromatic rings. The summed E-state index contributed by atoms with van der Waals surface area (Å²) in [6, 6.07) is 11.8. The first-order valence-corrected chi connectivity index (χ1v) is 7.76. The molecule has 1 aliphatic heterocycles. The number of hydrogen-bond donors (Lipinski definition) is 0. The molecular formula is C19H21NO3. The highest BCUT2D eigenvalue weighted by molar-refractivity contribution is 5.95. The lowest BCUT2D eigenvalue weighted by molar-refractivity contribution is 0.0784. The molecular weight excluding hydrogens is 290 g/mol. The Morgan fingerprint density at radius 3 is 2.57 bits per heavy atom. The van der Waals surface area contributed by atoms with Gasteiger partial charge >= 0.3 is 0 Å². The van der Waals surface area contributed by atoms with Crippen LogP contribution in [-0.4, -0.2) is 31.1 Å². The van der Waals surface area contributed by atoms with Crippen molar-refractivity contribution >= 4 is 5.91 Å². The number of carbonyl (C=O) groups is 1. The topological polar surface area (TPSA) is 38.8 Å². The Labute approximate surface area is 136 Å². The molecule has 2 aromatic carbocycles. The number of carbonyl (C=O) groups excluding carboxylic acids is 1. The molecule has 0 atom stereocenters. The molecule has 0 aromatic heterocycles. The highest BCUT2D eigenvalue weighted by atomic mass is 16.6. The first-order chi connectivity index (χ1) is 11.0. The summed E-state index contributed by atoms with van der Waals surface area (Å²) in [5.74, 6) is 1.55. The van der Waals surface area contributed by atoms with Crippen LogP contribution in [0, 0.1) is 13.8 Å². The van der Waals surface area contributed by atoms with E-state index >= 15 is 0 Å². The van der Waals surface area contributed by atoms with Gasteiger partial charge in [0.1, 0.15) is 13.2 Å². The van der Waals surface area contributed by atoms with Crippen LogP contribution in [0.4, 0.5) is 0 Å². The molecule has 0 spiro atoms. The molecule has 0 aliphatic carbocycles. The zero-order chi connectivity index (χ0) is 16.4. The van der Waals surface area contributed by atoms with Crippen LogP contribution in [0.2, 0.25) is 0 Å². The Morgan fingerprint density at radius 2 is 1.78 bits per heavy atom. The summed E-state index contributed by atoms with van der Waals surface area (Å²) in [5.41, 5.74) is 3.86. The minimum absolute atomic E-state index is 0.0288. The van der Waals surface area contributed by atoms with Crippen LogP contribution >= 0.6 is 0 Å². The molecule has 1 heterocycles. The second kappa shape index (κ2) is 6.32. The van der Waals surface area contributed by atoms with E-state index in [0.29, 0.717) is 19.8 Å². The van der Waals surface area contributed by atoms with E-state index in [9.17, 15) is 4.79 Å². The van der Waals surface area contributed by atoms with Gasteiger partial charge in [0.25, 0.3) is 5.91 Å². The summed E-state index contributed by atoms with van der Waals surface area (Å²) in [7, 11) is 1.82. The van der Waals surface area contributed by atoms with Crippen LogP contribution in [0.1, 0.15) is 27.0 Å². The van der Waals surface area contributed by atoms with Gasteiger partial charge in [-0.05, 0) is 43.2 Å². The van der Waals surface area contributed by atoms with Crippen molar-refractivity contribution in [3.63, 3.8) is 0 Å². The van der Waals surface area contributed by atoms with E-state index in [-0.39, 0.29) is 5.91 Å². The van der Waals surface area contributed by atoms with Gasteiger partial charge < -0.3 is 14.4 Å². The molecule has 3 rings (SSSR count). The third kappa shape index (κ3) is 3.31. The Balaban J connectivity index is 1.77. The van der Waals surface area contributed by atoms with Crippen molar-refractivity contribution in [3.05, 3.63) is 58.7 Å². The molecule has 0 radical (unpaired) electrons. The molecule has 23 heavy (non-hydrogen) atoms. The maximum Gasteiger partial charge on any atom is 0.254 e. The first-order valence-electron chi connectivity index (χ1n) is 7.76. The maximum atomic E-state index is 12.7. The van der Waals surface area contributed by atoms with Crippen molar-refractivity contribution in [1.82, 2.24) is 4.90 Å². The Kier molecular flexibility index (Phi) is 4.24. The van der Waals surface area contributed by atoms with Gasteiger partial charge in [-0.1, -0.05) is 23.8 Å². The fraction of sp³-hybridized carbons (Fsp3) is 0.316. The molecule has 0 saturated heterocycles.